The highest BCUT2D eigenvalue weighted by atomic mass is 33.1. The van der Waals surface area contributed by atoms with Gasteiger partial charge >= 0.3 is 0 Å². The Balaban J connectivity index is 1.67. The molecule has 0 atom stereocenters. The quantitative estimate of drug-likeness (QED) is 0.268. The number of hydrogen-bond acceptors (Lipinski definition) is 9. The molecule has 0 aromatic heterocycles. The van der Waals surface area contributed by atoms with Crippen molar-refractivity contribution in [3.8, 4) is 0 Å². The lowest BCUT2D eigenvalue weighted by Crippen LogP contribution is -2.48. The van der Waals surface area contributed by atoms with E-state index >= 15 is 0 Å². The number of benzene rings is 1. The number of hydrazone groups is 2. The first-order valence-corrected chi connectivity index (χ1v) is 10.4. The molecule has 0 fully saturated rings. The van der Waals surface area contributed by atoms with Crippen LogP contribution in [0.2, 0.25) is 0 Å². The summed E-state index contributed by atoms with van der Waals surface area (Å²) in [5, 5.41) is 13.1. The van der Waals surface area contributed by atoms with Crippen LogP contribution in [0.15, 0.2) is 40.5 Å². The van der Waals surface area contributed by atoms with Crippen molar-refractivity contribution in [2.75, 3.05) is 24.6 Å². The molecule has 1 aromatic carbocycles. The Hall–Kier alpha value is -2.24. The van der Waals surface area contributed by atoms with E-state index in [0.29, 0.717) is 19.6 Å². The third-order valence-corrected chi connectivity index (χ3v) is 5.47. The summed E-state index contributed by atoms with van der Waals surface area (Å²) in [4.78, 5) is 23.9. The first kappa shape index (κ1) is 20.1. The number of amidine groups is 2. The van der Waals surface area contributed by atoms with Gasteiger partial charge in [-0.2, -0.15) is 0 Å². The summed E-state index contributed by atoms with van der Waals surface area (Å²) < 4.78 is 0. The van der Waals surface area contributed by atoms with Crippen molar-refractivity contribution in [1.82, 2.24) is 21.5 Å². The maximum Gasteiger partial charge on any atom is 0.290 e. The molecule has 26 heavy (non-hydrogen) atoms. The van der Waals surface area contributed by atoms with Crippen molar-refractivity contribution >= 4 is 45.1 Å². The smallest absolute Gasteiger partial charge is 0.290 e. The number of nitrogens with one attached hydrogen (secondary N) is 4. The normalized spacial score (nSPS) is 13.0. The number of nitrogens with zero attached hydrogens (tertiary/aromatic N) is 2. The third-order valence-electron chi connectivity index (χ3n) is 3.03. The largest absolute Gasteiger partial charge is 0.348 e. The van der Waals surface area contributed by atoms with Gasteiger partial charge in [0.1, 0.15) is 0 Å². The minimum Gasteiger partial charge on any atom is -0.348 e. The van der Waals surface area contributed by atoms with Gasteiger partial charge in [-0.25, -0.2) is 0 Å². The second-order valence-corrected chi connectivity index (χ2v) is 7.70. The van der Waals surface area contributed by atoms with E-state index in [1.54, 1.807) is 21.6 Å². The Morgan fingerprint density at radius 1 is 0.962 bits per heavy atom. The van der Waals surface area contributed by atoms with Crippen LogP contribution in [0.4, 0.5) is 0 Å². The van der Waals surface area contributed by atoms with E-state index < -0.39 is 11.8 Å². The summed E-state index contributed by atoms with van der Waals surface area (Å²) >= 11 is 0. The van der Waals surface area contributed by atoms with E-state index in [1.165, 1.54) is 0 Å². The first-order valence-electron chi connectivity index (χ1n) is 7.93. The molecule has 0 unspecified atom stereocenters. The number of carbonyl (C=O) groups excluding carboxylic acids is 2. The monoisotopic (exact) mass is 395 g/mol. The Bertz CT molecular complexity index is 667. The topological polar surface area (TPSA) is 133 Å². The number of carbonyl (C=O) groups is 2. The molecule has 2 amide bonds. The SMILES string of the molecule is NCCSSCCNC(=O)C1=NNC(C(=O)NCc2ccccc2)=NN1. The van der Waals surface area contributed by atoms with Crippen LogP contribution in [0.1, 0.15) is 5.56 Å². The summed E-state index contributed by atoms with van der Waals surface area (Å²) in [5.74, 6) is 0.816. The van der Waals surface area contributed by atoms with Crippen LogP contribution in [0.25, 0.3) is 0 Å². The molecular formula is C15H21N7O2S2. The number of rotatable bonds is 10. The average Bonchev–Trinajstić information content (AvgIpc) is 2.69. The summed E-state index contributed by atoms with van der Waals surface area (Å²) in [6.45, 7) is 1.50. The van der Waals surface area contributed by atoms with E-state index in [-0.39, 0.29) is 11.7 Å². The zero-order valence-electron chi connectivity index (χ0n) is 14.0. The van der Waals surface area contributed by atoms with Gasteiger partial charge in [-0.05, 0) is 5.56 Å². The zero-order chi connectivity index (χ0) is 18.6. The first-order chi connectivity index (χ1) is 12.7. The molecule has 9 nitrogen and oxygen atoms in total. The maximum absolute atomic E-state index is 12.0. The standard InChI is InChI=1S/C15H21N7O2S2/c16-6-8-25-26-9-7-17-14(23)12-19-21-13(22-20-12)15(24)18-10-11-4-2-1-3-5-11/h1-5H,6-10,16H2,(H,17,23)(H,18,24)(H,19,20)(H,21,22). The number of amides is 2. The van der Waals surface area contributed by atoms with Crippen LogP contribution in [-0.4, -0.2) is 48.1 Å². The predicted octanol–water partition coefficient (Wildman–Crippen LogP) is -0.421. The minimum atomic E-state index is -0.419. The Kier molecular flexibility index (Phi) is 8.79. The van der Waals surface area contributed by atoms with E-state index in [4.69, 9.17) is 5.73 Å². The molecule has 6 N–H and O–H groups in total. The van der Waals surface area contributed by atoms with Crippen LogP contribution in [-0.2, 0) is 16.1 Å². The number of nitrogens with two attached hydrogens (primary N) is 1. The molecule has 0 bridgehead atoms. The molecule has 0 aliphatic carbocycles. The second kappa shape index (κ2) is 11.4. The van der Waals surface area contributed by atoms with Gasteiger partial charge in [-0.3, -0.25) is 20.4 Å². The van der Waals surface area contributed by atoms with Gasteiger partial charge < -0.3 is 16.4 Å². The highest BCUT2D eigenvalue weighted by Gasteiger charge is 2.19. The van der Waals surface area contributed by atoms with Crippen molar-refractivity contribution in [1.29, 1.82) is 0 Å². The molecule has 1 aliphatic rings. The lowest BCUT2D eigenvalue weighted by molar-refractivity contribution is -0.116. The van der Waals surface area contributed by atoms with Crippen LogP contribution in [0, 0.1) is 0 Å². The van der Waals surface area contributed by atoms with Gasteiger partial charge in [-0.15, -0.1) is 10.2 Å². The van der Waals surface area contributed by atoms with Crippen molar-refractivity contribution in [3.05, 3.63) is 35.9 Å². The van der Waals surface area contributed by atoms with E-state index in [1.807, 2.05) is 30.3 Å². The second-order valence-electron chi connectivity index (χ2n) is 5.00. The van der Waals surface area contributed by atoms with Gasteiger partial charge in [0.2, 0.25) is 11.7 Å². The highest BCUT2D eigenvalue weighted by molar-refractivity contribution is 8.76. The van der Waals surface area contributed by atoms with Crippen LogP contribution in [0.5, 0.6) is 0 Å². The fourth-order valence-electron chi connectivity index (χ4n) is 1.79. The molecule has 140 valence electrons. The molecule has 0 saturated carbocycles. The van der Waals surface area contributed by atoms with Crippen LogP contribution < -0.4 is 27.2 Å². The van der Waals surface area contributed by atoms with Crippen LogP contribution >= 0.6 is 21.6 Å². The highest BCUT2D eigenvalue weighted by Crippen LogP contribution is 2.18. The van der Waals surface area contributed by atoms with Crippen molar-refractivity contribution < 1.29 is 9.59 Å². The third kappa shape index (κ3) is 6.94. The predicted molar refractivity (Wildman–Crippen MR) is 106 cm³/mol. The van der Waals surface area contributed by atoms with Crippen molar-refractivity contribution in [2.24, 2.45) is 15.9 Å². The van der Waals surface area contributed by atoms with Gasteiger partial charge in [0.25, 0.3) is 11.8 Å². The average molecular weight is 396 g/mol. The molecule has 1 heterocycles. The summed E-state index contributed by atoms with van der Waals surface area (Å²) in [7, 11) is 3.30. The van der Waals surface area contributed by atoms with E-state index in [9.17, 15) is 9.59 Å². The fourth-order valence-corrected chi connectivity index (χ4v) is 3.55. The summed E-state index contributed by atoms with van der Waals surface area (Å²) in [5.41, 5.74) is 11.3. The summed E-state index contributed by atoms with van der Waals surface area (Å²) in [6.07, 6.45) is 0. The Labute approximate surface area is 159 Å². The van der Waals surface area contributed by atoms with Gasteiger partial charge in [-0.1, -0.05) is 51.9 Å². The Morgan fingerprint density at radius 2 is 1.58 bits per heavy atom. The lowest BCUT2D eigenvalue weighted by Gasteiger charge is -2.14. The zero-order valence-corrected chi connectivity index (χ0v) is 15.7. The maximum atomic E-state index is 12.0. The van der Waals surface area contributed by atoms with E-state index in [2.05, 4.69) is 31.7 Å². The molecule has 2 rings (SSSR count). The molecule has 0 saturated heterocycles. The van der Waals surface area contributed by atoms with E-state index in [0.717, 1.165) is 17.1 Å². The molecule has 1 aromatic rings. The van der Waals surface area contributed by atoms with Gasteiger partial charge in [0, 0.05) is 31.1 Å². The van der Waals surface area contributed by atoms with Crippen LogP contribution in [0.3, 0.4) is 0 Å². The molecule has 1 aliphatic heterocycles. The number of hydrogen-bond donors (Lipinski definition) is 5. The lowest BCUT2D eigenvalue weighted by atomic mass is 10.2. The molecular weight excluding hydrogens is 374 g/mol. The minimum absolute atomic E-state index is 0.00391. The molecule has 0 spiro atoms. The fraction of sp³-hybridized carbons (Fsp3) is 0.333. The Morgan fingerprint density at radius 3 is 2.19 bits per heavy atom. The van der Waals surface area contributed by atoms with Gasteiger partial charge in [0.05, 0.1) is 0 Å². The van der Waals surface area contributed by atoms with Gasteiger partial charge in [0.15, 0.2) is 0 Å². The van der Waals surface area contributed by atoms with Crippen molar-refractivity contribution in [3.63, 3.8) is 0 Å². The van der Waals surface area contributed by atoms with Crippen molar-refractivity contribution in [2.45, 2.75) is 6.54 Å². The molecule has 11 heteroatoms. The summed E-state index contributed by atoms with van der Waals surface area (Å²) in [6, 6.07) is 9.50. The molecule has 0 radical (unpaired) electrons.